The largest absolute Gasteiger partial charge is 0.444 e. The molecule has 0 bridgehead atoms. The quantitative estimate of drug-likeness (QED) is 0.474. The summed E-state index contributed by atoms with van der Waals surface area (Å²) >= 11 is 0. The van der Waals surface area contributed by atoms with E-state index in [1.165, 1.54) is 0 Å². The first-order chi connectivity index (χ1) is 11.7. The fourth-order valence-corrected chi connectivity index (χ4v) is 3.49. The van der Waals surface area contributed by atoms with Crippen molar-refractivity contribution in [3.8, 4) is 0 Å². The molecule has 25 heavy (non-hydrogen) atoms. The van der Waals surface area contributed by atoms with Gasteiger partial charge in [0.1, 0.15) is 11.6 Å². The summed E-state index contributed by atoms with van der Waals surface area (Å²) in [5, 5.41) is 6.43. The summed E-state index contributed by atoms with van der Waals surface area (Å²) in [5.41, 5.74) is 7.99. The van der Waals surface area contributed by atoms with Gasteiger partial charge in [-0.3, -0.25) is 4.79 Å². The molecule has 1 saturated heterocycles. The number of alkyl carbamates (subject to hydrolysis) is 1. The van der Waals surface area contributed by atoms with Crippen molar-refractivity contribution in [2.75, 3.05) is 13.7 Å². The normalized spacial score (nSPS) is 29.9. The summed E-state index contributed by atoms with van der Waals surface area (Å²) in [6.07, 6.45) is 1.83. The molecule has 9 nitrogen and oxygen atoms in total. The van der Waals surface area contributed by atoms with Crippen LogP contribution in [0.15, 0.2) is 5.11 Å². The Hall–Kier alpha value is -1.99. The molecule has 140 valence electrons. The maximum atomic E-state index is 12.7. The zero-order valence-electron chi connectivity index (χ0n) is 15.3. The molecule has 9 heteroatoms. The van der Waals surface area contributed by atoms with Crippen molar-refractivity contribution in [2.24, 2.45) is 5.11 Å². The van der Waals surface area contributed by atoms with Crippen molar-refractivity contribution in [1.82, 2.24) is 10.2 Å². The summed E-state index contributed by atoms with van der Waals surface area (Å²) in [5.74, 6) is -0.111. The topological polar surface area (TPSA) is 117 Å². The number of nitrogens with one attached hydrogen (secondary N) is 1. The van der Waals surface area contributed by atoms with Gasteiger partial charge in [0.25, 0.3) is 0 Å². The molecule has 2 aliphatic rings. The number of carbonyl (C=O) groups excluding carboxylic acids is 2. The van der Waals surface area contributed by atoms with Crippen LogP contribution in [0.5, 0.6) is 0 Å². The Labute approximate surface area is 147 Å². The Kier molecular flexibility index (Phi) is 6.13. The second kappa shape index (κ2) is 7.93. The predicted octanol–water partition coefficient (Wildman–Crippen LogP) is 2.36. The Balaban J connectivity index is 1.96. The van der Waals surface area contributed by atoms with Crippen LogP contribution in [-0.2, 0) is 14.3 Å². The molecule has 2 fully saturated rings. The first-order valence-electron chi connectivity index (χ1n) is 8.62. The van der Waals surface area contributed by atoms with Gasteiger partial charge in [-0.25, -0.2) is 4.79 Å². The van der Waals surface area contributed by atoms with E-state index in [1.54, 1.807) is 32.8 Å². The highest BCUT2D eigenvalue weighted by Crippen LogP contribution is 2.30. The van der Waals surface area contributed by atoms with E-state index in [2.05, 4.69) is 15.3 Å². The van der Waals surface area contributed by atoms with Crippen LogP contribution in [0.25, 0.3) is 10.4 Å². The van der Waals surface area contributed by atoms with E-state index < -0.39 is 17.7 Å². The third-order valence-electron chi connectivity index (χ3n) is 4.58. The van der Waals surface area contributed by atoms with E-state index in [4.69, 9.17) is 15.0 Å². The Morgan fingerprint density at radius 1 is 1.36 bits per heavy atom. The average molecular weight is 353 g/mol. The number of amides is 2. The Morgan fingerprint density at radius 2 is 2.08 bits per heavy atom. The molecule has 1 aliphatic heterocycles. The van der Waals surface area contributed by atoms with Crippen molar-refractivity contribution < 1.29 is 19.1 Å². The zero-order valence-corrected chi connectivity index (χ0v) is 15.3. The fraction of sp³-hybridized carbons (Fsp3) is 0.875. The first kappa shape index (κ1) is 19.3. The van der Waals surface area contributed by atoms with Crippen LogP contribution in [0.4, 0.5) is 4.79 Å². The van der Waals surface area contributed by atoms with Crippen molar-refractivity contribution in [3.05, 3.63) is 10.4 Å². The Morgan fingerprint density at radius 3 is 2.68 bits per heavy atom. The van der Waals surface area contributed by atoms with Crippen molar-refractivity contribution in [1.29, 1.82) is 0 Å². The zero-order chi connectivity index (χ0) is 18.6. The van der Waals surface area contributed by atoms with Crippen LogP contribution < -0.4 is 5.32 Å². The highest BCUT2D eigenvalue weighted by molar-refractivity contribution is 5.87. The van der Waals surface area contributed by atoms with E-state index in [1.807, 2.05) is 0 Å². The summed E-state index contributed by atoms with van der Waals surface area (Å²) in [6.45, 7) is 5.90. The minimum atomic E-state index is -0.605. The summed E-state index contributed by atoms with van der Waals surface area (Å²) in [6, 6.07) is -0.727. The number of methoxy groups -OCH3 is 1. The van der Waals surface area contributed by atoms with Crippen LogP contribution in [-0.4, -0.2) is 60.4 Å². The first-order valence-corrected chi connectivity index (χ1v) is 8.62. The molecular weight excluding hydrogens is 326 g/mol. The smallest absolute Gasteiger partial charge is 0.408 e. The maximum absolute atomic E-state index is 12.7. The molecule has 0 spiro atoms. The number of carbonyl (C=O) groups is 2. The molecule has 0 aromatic heterocycles. The molecule has 0 aromatic carbocycles. The second-order valence-electron chi connectivity index (χ2n) is 7.53. The number of hydrogen-bond donors (Lipinski definition) is 1. The molecule has 2 amide bonds. The predicted molar refractivity (Wildman–Crippen MR) is 90.9 cm³/mol. The van der Waals surface area contributed by atoms with Gasteiger partial charge in [0, 0.05) is 24.6 Å². The molecule has 2 rings (SSSR count). The van der Waals surface area contributed by atoms with Gasteiger partial charge in [0.05, 0.1) is 12.1 Å². The third-order valence-corrected chi connectivity index (χ3v) is 4.58. The molecule has 0 radical (unpaired) electrons. The van der Waals surface area contributed by atoms with Gasteiger partial charge in [0.2, 0.25) is 5.91 Å². The average Bonchev–Trinajstić information content (AvgIpc) is 2.86. The van der Waals surface area contributed by atoms with Gasteiger partial charge in [0.15, 0.2) is 0 Å². The molecule has 4 atom stereocenters. The molecule has 1 N–H and O–H groups in total. The minimum Gasteiger partial charge on any atom is -0.444 e. The monoisotopic (exact) mass is 353 g/mol. The molecule has 0 unspecified atom stereocenters. The van der Waals surface area contributed by atoms with E-state index in [0.717, 1.165) is 6.42 Å². The molecular formula is C16H27N5O4. The van der Waals surface area contributed by atoms with Gasteiger partial charge in [-0.2, -0.15) is 0 Å². The van der Waals surface area contributed by atoms with Crippen molar-refractivity contribution in [3.63, 3.8) is 0 Å². The van der Waals surface area contributed by atoms with Crippen molar-refractivity contribution in [2.45, 2.75) is 76.3 Å². The second-order valence-corrected chi connectivity index (χ2v) is 7.53. The van der Waals surface area contributed by atoms with Crippen LogP contribution in [0.3, 0.4) is 0 Å². The number of likely N-dealkylation sites (tertiary alicyclic amines) is 1. The summed E-state index contributed by atoms with van der Waals surface area (Å²) < 4.78 is 10.8. The number of ether oxygens (including phenoxy) is 2. The van der Waals surface area contributed by atoms with E-state index in [-0.39, 0.29) is 24.1 Å². The lowest BCUT2D eigenvalue weighted by Crippen LogP contribution is -2.52. The van der Waals surface area contributed by atoms with E-state index in [0.29, 0.717) is 25.8 Å². The van der Waals surface area contributed by atoms with Gasteiger partial charge in [-0.05, 0) is 52.0 Å². The lowest BCUT2D eigenvalue weighted by Gasteiger charge is -2.39. The van der Waals surface area contributed by atoms with Crippen LogP contribution in [0, 0.1) is 0 Å². The van der Waals surface area contributed by atoms with Crippen molar-refractivity contribution >= 4 is 12.0 Å². The molecule has 1 heterocycles. The van der Waals surface area contributed by atoms with Gasteiger partial charge in [-0.1, -0.05) is 5.11 Å². The summed E-state index contributed by atoms with van der Waals surface area (Å²) in [7, 11) is 1.60. The number of rotatable bonds is 4. The van der Waals surface area contributed by atoms with E-state index in [9.17, 15) is 9.59 Å². The van der Waals surface area contributed by atoms with Gasteiger partial charge < -0.3 is 19.7 Å². The van der Waals surface area contributed by atoms with Gasteiger partial charge >= 0.3 is 6.09 Å². The highest BCUT2D eigenvalue weighted by Gasteiger charge is 2.42. The van der Waals surface area contributed by atoms with Crippen LogP contribution >= 0.6 is 0 Å². The lowest BCUT2D eigenvalue weighted by molar-refractivity contribution is -0.135. The van der Waals surface area contributed by atoms with E-state index >= 15 is 0 Å². The Bertz CT molecular complexity index is 555. The number of nitrogens with zero attached hydrogens (tertiary/aromatic N) is 4. The van der Waals surface area contributed by atoms with Gasteiger partial charge in [-0.15, -0.1) is 0 Å². The lowest BCUT2D eigenvalue weighted by atomic mass is 9.88. The van der Waals surface area contributed by atoms with Crippen LogP contribution in [0.1, 0.15) is 46.5 Å². The molecule has 1 saturated carbocycles. The number of hydrogen-bond acceptors (Lipinski definition) is 5. The minimum absolute atomic E-state index is 0.0620. The maximum Gasteiger partial charge on any atom is 0.408 e. The summed E-state index contributed by atoms with van der Waals surface area (Å²) in [4.78, 5) is 29.2. The standard InChI is InChI=1S/C16H27N5O4/c1-16(2,3)25-15(23)18-11-7-8-21(14(11)22)12-6-5-10(19-20-17)9-13(12)24-4/h10-13H,5-9H2,1-4H3,(H,18,23)/t10-,11-,12+,13-/m0/s1. The van der Waals surface area contributed by atoms with Crippen LogP contribution in [0.2, 0.25) is 0 Å². The fourth-order valence-electron chi connectivity index (χ4n) is 3.49. The third kappa shape index (κ3) is 4.99. The molecule has 0 aromatic rings. The highest BCUT2D eigenvalue weighted by atomic mass is 16.6. The molecule has 1 aliphatic carbocycles. The SMILES string of the molecule is CO[C@H]1C[C@@H](N=[N+]=[N-])CC[C@H]1N1CC[C@H](NC(=O)OC(C)(C)C)C1=O. The number of azide groups is 1.